The van der Waals surface area contributed by atoms with Crippen LogP contribution in [-0.4, -0.2) is 28.3 Å². The zero-order valence-electron chi connectivity index (χ0n) is 14.0. The van der Waals surface area contributed by atoms with Gasteiger partial charge >= 0.3 is 0 Å². The summed E-state index contributed by atoms with van der Waals surface area (Å²) in [5, 5.41) is 7.57. The van der Waals surface area contributed by atoms with E-state index in [2.05, 4.69) is 15.5 Å². The highest BCUT2D eigenvalue weighted by Gasteiger charge is 2.10. The van der Waals surface area contributed by atoms with Gasteiger partial charge in [0, 0.05) is 40.6 Å². The van der Waals surface area contributed by atoms with Crippen molar-refractivity contribution >= 4 is 29.3 Å². The maximum Gasteiger partial charge on any atom is 0.227 e. The van der Waals surface area contributed by atoms with Crippen LogP contribution in [-0.2, 0) is 11.2 Å². The number of amides is 1. The lowest BCUT2D eigenvalue weighted by molar-refractivity contribution is -0.121. The molecule has 0 aliphatic rings. The molecule has 0 atom stereocenters. The Kier molecular flexibility index (Phi) is 6.68. The molecule has 26 heavy (non-hydrogen) atoms. The van der Waals surface area contributed by atoms with Crippen LogP contribution in [0.2, 0.25) is 5.02 Å². The Balaban J connectivity index is 1.36. The van der Waals surface area contributed by atoms with E-state index in [-0.39, 0.29) is 5.91 Å². The number of benzene rings is 2. The minimum atomic E-state index is -0.0267. The third-order valence-electron chi connectivity index (χ3n) is 3.57. The molecular formula is C19H18ClN3O2S. The van der Waals surface area contributed by atoms with E-state index in [1.54, 1.807) is 11.8 Å². The summed E-state index contributed by atoms with van der Waals surface area (Å²) in [6.07, 6.45) is 0.748. The highest BCUT2D eigenvalue weighted by Crippen LogP contribution is 2.19. The van der Waals surface area contributed by atoms with Gasteiger partial charge in [-0.1, -0.05) is 47.1 Å². The van der Waals surface area contributed by atoms with Crippen LogP contribution >= 0.6 is 23.4 Å². The lowest BCUT2D eigenvalue weighted by atomic mass is 10.2. The SMILES string of the molecule is O=C(CCc1nc(-c2ccccc2)no1)NCCSc1ccc(Cl)cc1. The Bertz CT molecular complexity index is 838. The minimum absolute atomic E-state index is 0.0267. The fourth-order valence-electron chi connectivity index (χ4n) is 2.26. The van der Waals surface area contributed by atoms with Gasteiger partial charge in [-0.05, 0) is 24.3 Å². The first-order chi connectivity index (χ1) is 12.7. The molecule has 0 aliphatic carbocycles. The second-order valence-corrected chi connectivity index (χ2v) is 7.13. The maximum atomic E-state index is 11.9. The van der Waals surface area contributed by atoms with E-state index in [1.807, 2.05) is 54.6 Å². The molecule has 0 unspecified atom stereocenters. The summed E-state index contributed by atoms with van der Waals surface area (Å²) in [4.78, 5) is 17.4. The minimum Gasteiger partial charge on any atom is -0.355 e. The number of nitrogens with one attached hydrogen (secondary N) is 1. The first-order valence-electron chi connectivity index (χ1n) is 8.24. The van der Waals surface area contributed by atoms with Crippen molar-refractivity contribution < 1.29 is 9.32 Å². The molecule has 1 heterocycles. The van der Waals surface area contributed by atoms with Gasteiger partial charge in [0.05, 0.1) is 0 Å². The first kappa shape index (κ1) is 18.5. The van der Waals surface area contributed by atoms with Crippen LogP contribution in [0.1, 0.15) is 12.3 Å². The van der Waals surface area contributed by atoms with E-state index in [9.17, 15) is 4.79 Å². The monoisotopic (exact) mass is 387 g/mol. The largest absolute Gasteiger partial charge is 0.355 e. The molecule has 0 spiro atoms. The molecule has 0 fully saturated rings. The zero-order valence-corrected chi connectivity index (χ0v) is 15.6. The zero-order chi connectivity index (χ0) is 18.2. The summed E-state index contributed by atoms with van der Waals surface area (Å²) in [7, 11) is 0. The highest BCUT2D eigenvalue weighted by molar-refractivity contribution is 7.99. The second kappa shape index (κ2) is 9.40. The quantitative estimate of drug-likeness (QED) is 0.462. The van der Waals surface area contributed by atoms with Gasteiger partial charge < -0.3 is 9.84 Å². The molecule has 3 rings (SSSR count). The molecule has 0 bridgehead atoms. The average Bonchev–Trinajstić information content (AvgIpc) is 3.15. The molecule has 2 aromatic carbocycles. The first-order valence-corrected chi connectivity index (χ1v) is 9.60. The molecule has 134 valence electrons. The van der Waals surface area contributed by atoms with Crippen molar-refractivity contribution in [1.82, 2.24) is 15.5 Å². The molecule has 7 heteroatoms. The fraction of sp³-hybridized carbons (Fsp3) is 0.211. The van der Waals surface area contributed by atoms with Gasteiger partial charge in [-0.25, -0.2) is 0 Å². The third-order valence-corrected chi connectivity index (χ3v) is 4.84. The van der Waals surface area contributed by atoms with Crippen LogP contribution in [0.3, 0.4) is 0 Å². The van der Waals surface area contributed by atoms with E-state index in [0.717, 1.165) is 21.2 Å². The van der Waals surface area contributed by atoms with Gasteiger partial charge in [0.1, 0.15) is 0 Å². The summed E-state index contributed by atoms with van der Waals surface area (Å²) in [5.41, 5.74) is 0.895. The van der Waals surface area contributed by atoms with E-state index in [4.69, 9.17) is 16.1 Å². The number of nitrogens with zero attached hydrogens (tertiary/aromatic N) is 2. The molecule has 1 amide bonds. The van der Waals surface area contributed by atoms with Crippen LogP contribution in [0.5, 0.6) is 0 Å². The van der Waals surface area contributed by atoms with Crippen LogP contribution in [0.4, 0.5) is 0 Å². The fourth-order valence-corrected chi connectivity index (χ4v) is 3.15. The number of thioether (sulfide) groups is 1. The number of hydrogen-bond donors (Lipinski definition) is 1. The van der Waals surface area contributed by atoms with Gasteiger partial charge in [0.25, 0.3) is 0 Å². The molecule has 1 aromatic heterocycles. The normalized spacial score (nSPS) is 10.7. The Labute approximate surface area is 161 Å². The lowest BCUT2D eigenvalue weighted by Gasteiger charge is -2.04. The van der Waals surface area contributed by atoms with Crippen molar-refractivity contribution in [2.45, 2.75) is 17.7 Å². The molecule has 0 radical (unpaired) electrons. The van der Waals surface area contributed by atoms with E-state index in [1.165, 1.54) is 0 Å². The number of carbonyl (C=O) groups excluding carboxylic acids is 1. The molecule has 0 saturated heterocycles. The number of carbonyl (C=O) groups is 1. The Morgan fingerprint density at radius 2 is 1.88 bits per heavy atom. The van der Waals surface area contributed by atoms with Gasteiger partial charge in [-0.15, -0.1) is 11.8 Å². The maximum absolute atomic E-state index is 11.9. The number of hydrogen-bond acceptors (Lipinski definition) is 5. The molecule has 0 aliphatic heterocycles. The summed E-state index contributed by atoms with van der Waals surface area (Å²) in [6, 6.07) is 17.2. The predicted octanol–water partition coefficient (Wildman–Crippen LogP) is 4.23. The van der Waals surface area contributed by atoms with Crippen LogP contribution in [0, 0.1) is 0 Å². The van der Waals surface area contributed by atoms with Crippen molar-refractivity contribution in [3.8, 4) is 11.4 Å². The Morgan fingerprint density at radius 1 is 1.12 bits per heavy atom. The van der Waals surface area contributed by atoms with Crippen LogP contribution < -0.4 is 5.32 Å². The summed E-state index contributed by atoms with van der Waals surface area (Å²) < 4.78 is 5.21. The van der Waals surface area contributed by atoms with Gasteiger partial charge in [-0.3, -0.25) is 4.79 Å². The summed E-state index contributed by atoms with van der Waals surface area (Å²) in [5.74, 6) is 1.78. The van der Waals surface area contributed by atoms with Crippen molar-refractivity contribution in [1.29, 1.82) is 0 Å². The number of rotatable bonds is 8. The van der Waals surface area contributed by atoms with E-state index >= 15 is 0 Å². The number of halogens is 1. The topological polar surface area (TPSA) is 68.0 Å². The van der Waals surface area contributed by atoms with Crippen LogP contribution in [0.15, 0.2) is 64.0 Å². The van der Waals surface area contributed by atoms with Gasteiger partial charge in [-0.2, -0.15) is 4.98 Å². The summed E-state index contributed by atoms with van der Waals surface area (Å²) in [6.45, 7) is 0.602. The van der Waals surface area contributed by atoms with E-state index in [0.29, 0.717) is 31.1 Å². The molecule has 5 nitrogen and oxygen atoms in total. The van der Waals surface area contributed by atoms with Gasteiger partial charge in [0.15, 0.2) is 0 Å². The molecule has 1 N–H and O–H groups in total. The number of aromatic nitrogens is 2. The van der Waals surface area contributed by atoms with E-state index < -0.39 is 0 Å². The second-order valence-electron chi connectivity index (χ2n) is 5.53. The van der Waals surface area contributed by atoms with Gasteiger partial charge in [0.2, 0.25) is 17.6 Å². The summed E-state index contributed by atoms with van der Waals surface area (Å²) >= 11 is 7.52. The smallest absolute Gasteiger partial charge is 0.227 e. The lowest BCUT2D eigenvalue weighted by Crippen LogP contribution is -2.25. The third kappa shape index (κ3) is 5.61. The molecule has 0 saturated carbocycles. The van der Waals surface area contributed by atoms with Crippen molar-refractivity contribution in [2.75, 3.05) is 12.3 Å². The average molecular weight is 388 g/mol. The van der Waals surface area contributed by atoms with Crippen LogP contribution in [0.25, 0.3) is 11.4 Å². The van der Waals surface area contributed by atoms with Crippen molar-refractivity contribution in [3.05, 3.63) is 65.5 Å². The Morgan fingerprint density at radius 3 is 2.65 bits per heavy atom. The van der Waals surface area contributed by atoms with Crippen molar-refractivity contribution in [3.63, 3.8) is 0 Å². The Hall–Kier alpha value is -2.31. The molecule has 3 aromatic rings. The number of aryl methyl sites for hydroxylation is 1. The predicted molar refractivity (Wildman–Crippen MR) is 103 cm³/mol. The highest BCUT2D eigenvalue weighted by atomic mass is 35.5. The van der Waals surface area contributed by atoms with Crippen molar-refractivity contribution in [2.24, 2.45) is 0 Å². The molecular weight excluding hydrogens is 370 g/mol. The standard InChI is InChI=1S/C19H18ClN3O2S/c20-15-6-8-16(9-7-15)26-13-12-21-17(24)10-11-18-22-19(23-25-18)14-4-2-1-3-5-14/h1-9H,10-13H2,(H,21,24).